The molecule has 0 fully saturated rings. The first-order chi connectivity index (χ1) is 9.60. The molecule has 1 aromatic heterocycles. The van der Waals surface area contributed by atoms with Crippen molar-refractivity contribution in [3.05, 3.63) is 47.3 Å². The van der Waals surface area contributed by atoms with E-state index in [9.17, 15) is 4.79 Å². The highest BCUT2D eigenvalue weighted by Crippen LogP contribution is 2.12. The zero-order valence-corrected chi connectivity index (χ0v) is 12.0. The number of nitrogens with one attached hydrogen (secondary N) is 1. The zero-order chi connectivity index (χ0) is 14.5. The maximum absolute atomic E-state index is 12.0. The third-order valence-electron chi connectivity index (χ3n) is 3.04. The van der Waals surface area contributed by atoms with Gasteiger partial charge in [0, 0.05) is 17.8 Å². The minimum atomic E-state index is -0.106. The molecule has 106 valence electrons. The third kappa shape index (κ3) is 3.38. The average Bonchev–Trinajstić information content (AvgIpc) is 2.77. The summed E-state index contributed by atoms with van der Waals surface area (Å²) in [5.74, 6) is 0.571. The summed E-state index contributed by atoms with van der Waals surface area (Å²) >= 11 is 0. The molecule has 0 radical (unpaired) electrons. The summed E-state index contributed by atoms with van der Waals surface area (Å²) in [4.78, 5) is 12.0. The summed E-state index contributed by atoms with van der Waals surface area (Å²) in [6.45, 7) is 5.16. The van der Waals surface area contributed by atoms with Gasteiger partial charge in [-0.25, -0.2) is 0 Å². The number of rotatable bonds is 5. The van der Waals surface area contributed by atoms with Crippen LogP contribution in [0.2, 0.25) is 0 Å². The van der Waals surface area contributed by atoms with Crippen molar-refractivity contribution in [1.82, 2.24) is 15.1 Å². The maximum atomic E-state index is 12.0. The number of nitrogens with zero attached hydrogens (tertiary/aromatic N) is 2. The largest absolute Gasteiger partial charge is 0.497 e. The zero-order valence-electron chi connectivity index (χ0n) is 12.0. The Kier molecular flexibility index (Phi) is 4.40. The molecular formula is C15H19N3O2. The molecule has 1 N–H and O–H groups in total. The quantitative estimate of drug-likeness (QED) is 0.905. The minimum Gasteiger partial charge on any atom is -0.497 e. The Hall–Kier alpha value is -2.30. The van der Waals surface area contributed by atoms with Crippen molar-refractivity contribution in [1.29, 1.82) is 0 Å². The highest BCUT2D eigenvalue weighted by atomic mass is 16.5. The van der Waals surface area contributed by atoms with Crippen LogP contribution in [0.15, 0.2) is 30.3 Å². The lowest BCUT2D eigenvalue weighted by Crippen LogP contribution is -2.27. The Morgan fingerprint density at radius 3 is 2.80 bits per heavy atom. The highest BCUT2D eigenvalue weighted by molar-refractivity contribution is 5.94. The smallest absolute Gasteiger partial charge is 0.251 e. The number of hydrogen-bond donors (Lipinski definition) is 1. The number of methoxy groups -OCH3 is 1. The van der Waals surface area contributed by atoms with Gasteiger partial charge in [-0.05, 0) is 38.1 Å². The van der Waals surface area contributed by atoms with Crippen molar-refractivity contribution >= 4 is 5.91 Å². The number of aryl methyl sites for hydroxylation is 2. The first-order valence-electron chi connectivity index (χ1n) is 6.53. The Bertz CT molecular complexity index is 605. The van der Waals surface area contributed by atoms with Crippen molar-refractivity contribution in [2.24, 2.45) is 0 Å². The van der Waals surface area contributed by atoms with E-state index in [1.807, 2.05) is 30.7 Å². The minimum absolute atomic E-state index is 0.106. The maximum Gasteiger partial charge on any atom is 0.251 e. The molecule has 2 aromatic rings. The van der Waals surface area contributed by atoms with Gasteiger partial charge in [0.25, 0.3) is 5.91 Å². The first kappa shape index (κ1) is 14.1. The summed E-state index contributed by atoms with van der Waals surface area (Å²) in [6, 6.07) is 9.12. The van der Waals surface area contributed by atoms with Crippen LogP contribution < -0.4 is 10.1 Å². The molecule has 0 spiro atoms. The second-order valence-electron chi connectivity index (χ2n) is 4.64. The molecule has 1 amide bonds. The van der Waals surface area contributed by atoms with E-state index in [-0.39, 0.29) is 5.91 Å². The molecule has 0 aliphatic heterocycles. The van der Waals surface area contributed by atoms with Crippen molar-refractivity contribution in [3.8, 4) is 5.75 Å². The topological polar surface area (TPSA) is 56.1 Å². The van der Waals surface area contributed by atoms with Crippen molar-refractivity contribution in [2.45, 2.75) is 20.4 Å². The molecule has 0 saturated heterocycles. The van der Waals surface area contributed by atoms with Crippen LogP contribution in [0.3, 0.4) is 0 Å². The second kappa shape index (κ2) is 6.23. The molecule has 0 atom stereocenters. The van der Waals surface area contributed by atoms with Crippen LogP contribution >= 0.6 is 0 Å². The molecule has 5 heteroatoms. The Balaban J connectivity index is 1.90. The number of amides is 1. The standard InChI is InChI=1S/C15H19N3O2/c1-11-9-12(2)18(17-11)8-7-16-15(19)13-5-4-6-14(10-13)20-3/h4-6,9-10H,7-8H2,1-3H3,(H,16,19). The van der Waals surface area contributed by atoms with E-state index in [2.05, 4.69) is 10.4 Å². The lowest BCUT2D eigenvalue weighted by Gasteiger charge is -2.08. The monoisotopic (exact) mass is 273 g/mol. The number of carbonyl (C=O) groups is 1. The summed E-state index contributed by atoms with van der Waals surface area (Å²) in [5, 5.41) is 7.23. The summed E-state index contributed by atoms with van der Waals surface area (Å²) < 4.78 is 6.99. The summed E-state index contributed by atoms with van der Waals surface area (Å²) in [7, 11) is 1.58. The summed E-state index contributed by atoms with van der Waals surface area (Å²) in [5.41, 5.74) is 2.68. The van der Waals surface area contributed by atoms with Gasteiger partial charge >= 0.3 is 0 Å². The van der Waals surface area contributed by atoms with Gasteiger partial charge in [0.15, 0.2) is 0 Å². The predicted octanol–water partition coefficient (Wildman–Crippen LogP) is 1.94. The van der Waals surface area contributed by atoms with Gasteiger partial charge in [-0.1, -0.05) is 6.07 Å². The number of carbonyl (C=O) groups excluding carboxylic acids is 1. The van der Waals surface area contributed by atoms with E-state index in [4.69, 9.17) is 4.74 Å². The number of benzene rings is 1. The SMILES string of the molecule is COc1cccc(C(=O)NCCn2nc(C)cc2C)c1. The molecule has 5 nitrogen and oxygen atoms in total. The molecular weight excluding hydrogens is 254 g/mol. The number of ether oxygens (including phenoxy) is 1. The summed E-state index contributed by atoms with van der Waals surface area (Å²) in [6.07, 6.45) is 0. The van der Waals surface area contributed by atoms with E-state index in [0.717, 1.165) is 11.4 Å². The normalized spacial score (nSPS) is 10.3. The molecule has 0 bridgehead atoms. The van der Waals surface area contributed by atoms with Gasteiger partial charge in [-0.15, -0.1) is 0 Å². The number of hydrogen-bond acceptors (Lipinski definition) is 3. The third-order valence-corrected chi connectivity index (χ3v) is 3.04. The Morgan fingerprint density at radius 1 is 1.35 bits per heavy atom. The van der Waals surface area contributed by atoms with Gasteiger partial charge < -0.3 is 10.1 Å². The van der Waals surface area contributed by atoms with Crippen molar-refractivity contribution in [3.63, 3.8) is 0 Å². The van der Waals surface area contributed by atoms with Gasteiger partial charge in [0.05, 0.1) is 19.3 Å². The van der Waals surface area contributed by atoms with Gasteiger partial charge in [0.2, 0.25) is 0 Å². The fourth-order valence-electron chi connectivity index (χ4n) is 2.04. The van der Waals surface area contributed by atoms with Crippen LogP contribution in [0.1, 0.15) is 21.7 Å². The average molecular weight is 273 g/mol. The molecule has 0 unspecified atom stereocenters. The van der Waals surface area contributed by atoms with E-state index < -0.39 is 0 Å². The van der Waals surface area contributed by atoms with E-state index >= 15 is 0 Å². The Morgan fingerprint density at radius 2 is 2.15 bits per heavy atom. The van der Waals surface area contributed by atoms with Crippen molar-refractivity contribution < 1.29 is 9.53 Å². The van der Waals surface area contributed by atoms with Crippen LogP contribution in [0.5, 0.6) is 5.75 Å². The fraction of sp³-hybridized carbons (Fsp3) is 0.333. The van der Waals surface area contributed by atoms with Gasteiger partial charge in [-0.3, -0.25) is 9.48 Å². The first-order valence-corrected chi connectivity index (χ1v) is 6.53. The van der Waals surface area contributed by atoms with Crippen LogP contribution in [-0.2, 0) is 6.54 Å². The molecule has 20 heavy (non-hydrogen) atoms. The lowest BCUT2D eigenvalue weighted by atomic mass is 10.2. The van der Waals surface area contributed by atoms with Crippen LogP contribution in [-0.4, -0.2) is 29.3 Å². The van der Waals surface area contributed by atoms with Crippen LogP contribution in [0, 0.1) is 13.8 Å². The van der Waals surface area contributed by atoms with Crippen LogP contribution in [0.25, 0.3) is 0 Å². The lowest BCUT2D eigenvalue weighted by molar-refractivity contribution is 0.0951. The van der Waals surface area contributed by atoms with E-state index in [1.54, 1.807) is 25.3 Å². The molecule has 1 heterocycles. The second-order valence-corrected chi connectivity index (χ2v) is 4.64. The molecule has 1 aromatic carbocycles. The fourth-order valence-corrected chi connectivity index (χ4v) is 2.04. The van der Waals surface area contributed by atoms with Crippen LogP contribution in [0.4, 0.5) is 0 Å². The number of aromatic nitrogens is 2. The molecule has 2 rings (SSSR count). The molecule has 0 aliphatic rings. The van der Waals surface area contributed by atoms with E-state index in [1.165, 1.54) is 0 Å². The van der Waals surface area contributed by atoms with Gasteiger partial charge in [-0.2, -0.15) is 5.10 Å². The van der Waals surface area contributed by atoms with Crippen molar-refractivity contribution in [2.75, 3.05) is 13.7 Å². The Labute approximate surface area is 118 Å². The molecule has 0 saturated carbocycles. The van der Waals surface area contributed by atoms with E-state index in [0.29, 0.717) is 24.4 Å². The molecule has 0 aliphatic carbocycles. The predicted molar refractivity (Wildman–Crippen MR) is 77.0 cm³/mol. The van der Waals surface area contributed by atoms with Gasteiger partial charge in [0.1, 0.15) is 5.75 Å². The highest BCUT2D eigenvalue weighted by Gasteiger charge is 2.06.